The molecule has 3 heterocycles. The molecule has 0 aliphatic heterocycles. The van der Waals surface area contributed by atoms with Gasteiger partial charge in [0.25, 0.3) is 0 Å². The predicted molar refractivity (Wildman–Crippen MR) is 238 cm³/mol. The number of rotatable bonds is 5. The Morgan fingerprint density at radius 2 is 0.931 bits per heavy atom. The molecule has 0 amide bonds. The van der Waals surface area contributed by atoms with Crippen molar-refractivity contribution in [1.82, 2.24) is 19.5 Å². The summed E-state index contributed by atoms with van der Waals surface area (Å²) in [6, 6.07) is 68.0. The molecule has 0 fully saturated rings. The summed E-state index contributed by atoms with van der Waals surface area (Å²) in [4.78, 5) is 15.5. The Bertz CT molecular complexity index is 3570. The number of hydrogen-bond acceptors (Lipinski definition) is 4. The normalized spacial score (nSPS) is 11.8. The maximum Gasteiger partial charge on any atom is 0.167 e. The first-order chi connectivity index (χ1) is 28.7. The van der Waals surface area contributed by atoms with Crippen molar-refractivity contribution in [2.75, 3.05) is 0 Å². The lowest BCUT2D eigenvalue weighted by Gasteiger charge is -2.13. The van der Waals surface area contributed by atoms with Gasteiger partial charge in [0.15, 0.2) is 17.5 Å². The van der Waals surface area contributed by atoms with Crippen LogP contribution in [-0.4, -0.2) is 19.5 Å². The summed E-state index contributed by atoms with van der Waals surface area (Å²) < 4.78 is 9.43. The van der Waals surface area contributed by atoms with Crippen LogP contribution in [0.3, 0.4) is 0 Å². The Balaban J connectivity index is 1.16. The van der Waals surface area contributed by atoms with Gasteiger partial charge in [-0.15, -0.1) is 0 Å². The van der Waals surface area contributed by atoms with E-state index in [1.165, 1.54) is 21.5 Å². The SMILES string of the molecule is c1ccc(-c2cccc(-c3nc(-c4ccccc4)nc(-c4ccc(-n5c6ccccc6c6cc7ccccc7cc65)c5c4oc4cc6ccccc6cc45)n3)c2)cc1. The van der Waals surface area contributed by atoms with E-state index in [0.29, 0.717) is 17.5 Å². The van der Waals surface area contributed by atoms with Crippen molar-refractivity contribution in [3.8, 4) is 51.0 Å². The van der Waals surface area contributed by atoms with Crippen LogP contribution in [0.2, 0.25) is 0 Å². The van der Waals surface area contributed by atoms with Crippen LogP contribution in [0, 0.1) is 0 Å². The van der Waals surface area contributed by atoms with E-state index in [1.54, 1.807) is 0 Å². The molecular weight excluding hydrogens is 709 g/mol. The molecule has 0 spiro atoms. The van der Waals surface area contributed by atoms with Gasteiger partial charge in [0, 0.05) is 27.3 Å². The zero-order valence-corrected chi connectivity index (χ0v) is 31.2. The van der Waals surface area contributed by atoms with Gasteiger partial charge in [0.1, 0.15) is 11.2 Å². The van der Waals surface area contributed by atoms with E-state index in [9.17, 15) is 0 Å². The van der Waals surface area contributed by atoms with Gasteiger partial charge in [-0.2, -0.15) is 0 Å². The molecular formula is C53H32N4O. The number of furan rings is 1. The first kappa shape index (κ1) is 32.4. The topological polar surface area (TPSA) is 56.7 Å². The lowest BCUT2D eigenvalue weighted by Crippen LogP contribution is -2.01. The second-order valence-electron chi connectivity index (χ2n) is 14.8. The number of nitrogens with zero attached hydrogens (tertiary/aromatic N) is 4. The third kappa shape index (κ3) is 5.14. The molecule has 0 saturated heterocycles. The zero-order chi connectivity index (χ0) is 38.2. The van der Waals surface area contributed by atoms with Gasteiger partial charge in [0.05, 0.1) is 27.7 Å². The summed E-state index contributed by atoms with van der Waals surface area (Å²) in [5, 5.41) is 9.11. The van der Waals surface area contributed by atoms with E-state index >= 15 is 0 Å². The van der Waals surface area contributed by atoms with Crippen molar-refractivity contribution in [1.29, 1.82) is 0 Å². The summed E-state index contributed by atoms with van der Waals surface area (Å²) in [6.07, 6.45) is 0. The molecule has 0 aliphatic rings. The maximum absolute atomic E-state index is 7.03. The average molecular weight is 741 g/mol. The first-order valence-electron chi connectivity index (χ1n) is 19.5. The maximum atomic E-state index is 7.03. The molecule has 58 heavy (non-hydrogen) atoms. The Kier molecular flexibility index (Phi) is 7.16. The molecule has 3 aromatic heterocycles. The Morgan fingerprint density at radius 3 is 1.69 bits per heavy atom. The average Bonchev–Trinajstić information content (AvgIpc) is 3.82. The summed E-state index contributed by atoms with van der Waals surface area (Å²) in [7, 11) is 0. The minimum absolute atomic E-state index is 0.544. The molecule has 0 saturated carbocycles. The van der Waals surface area contributed by atoms with Crippen molar-refractivity contribution >= 4 is 65.3 Å². The molecule has 0 N–H and O–H groups in total. The van der Waals surface area contributed by atoms with E-state index in [4.69, 9.17) is 19.4 Å². The van der Waals surface area contributed by atoms with Crippen LogP contribution in [0.1, 0.15) is 0 Å². The highest BCUT2D eigenvalue weighted by molar-refractivity contribution is 6.19. The highest BCUT2D eigenvalue weighted by Crippen LogP contribution is 2.44. The summed E-state index contributed by atoms with van der Waals surface area (Å²) in [5.74, 6) is 1.73. The third-order valence-electron chi connectivity index (χ3n) is 11.4. The fourth-order valence-corrected chi connectivity index (χ4v) is 8.64. The van der Waals surface area contributed by atoms with Crippen molar-refractivity contribution in [2.45, 2.75) is 0 Å². The van der Waals surface area contributed by atoms with Crippen LogP contribution >= 0.6 is 0 Å². The number of para-hydroxylation sites is 1. The highest BCUT2D eigenvalue weighted by atomic mass is 16.3. The minimum Gasteiger partial charge on any atom is -0.455 e. The molecule has 0 bridgehead atoms. The Hall–Kier alpha value is -7.89. The molecule has 0 unspecified atom stereocenters. The summed E-state index contributed by atoms with van der Waals surface area (Å²) in [6.45, 7) is 0. The standard InChI is InChI=1S/C53H32N4O/c1-3-14-33(15-4-1)35-22-13-23-40(28-35)52-54-51(34-16-5-2-6-17-34)55-53(56-52)42-26-27-46(49-44-30-37-19-8-10-21-39(37)32-48(44)58-50(42)49)57-45-25-12-11-24-41(45)43-29-36-18-7-9-20-38(36)31-47(43)57/h1-32H. The first-order valence-corrected chi connectivity index (χ1v) is 19.5. The minimum atomic E-state index is 0.544. The Labute approximate surface area is 333 Å². The van der Waals surface area contributed by atoms with Crippen molar-refractivity contribution < 1.29 is 4.42 Å². The molecule has 9 aromatic carbocycles. The zero-order valence-electron chi connectivity index (χ0n) is 31.2. The van der Waals surface area contributed by atoms with Gasteiger partial charge in [0.2, 0.25) is 0 Å². The quantitative estimate of drug-likeness (QED) is 0.176. The summed E-state index contributed by atoms with van der Waals surface area (Å²) in [5.41, 5.74) is 9.66. The van der Waals surface area contributed by atoms with Gasteiger partial charge in [-0.1, -0.05) is 146 Å². The molecule has 12 aromatic rings. The fraction of sp³-hybridized carbons (Fsp3) is 0. The van der Waals surface area contributed by atoms with Crippen molar-refractivity contribution in [2.24, 2.45) is 0 Å². The second kappa shape index (κ2) is 12.8. The molecule has 12 rings (SSSR count). The lowest BCUT2D eigenvalue weighted by atomic mass is 10.0. The van der Waals surface area contributed by atoms with Crippen LogP contribution in [0.15, 0.2) is 199 Å². The third-order valence-corrected chi connectivity index (χ3v) is 11.4. The van der Waals surface area contributed by atoms with Crippen LogP contribution in [0.4, 0.5) is 0 Å². The lowest BCUT2D eigenvalue weighted by molar-refractivity contribution is 0.670. The van der Waals surface area contributed by atoms with E-state index in [1.807, 2.05) is 36.4 Å². The largest absolute Gasteiger partial charge is 0.455 e. The van der Waals surface area contributed by atoms with Crippen LogP contribution in [0.25, 0.3) is 116 Å². The number of benzene rings is 9. The van der Waals surface area contributed by atoms with Gasteiger partial charge in [-0.05, 0) is 81.2 Å². The number of hydrogen-bond donors (Lipinski definition) is 0. The molecule has 5 heteroatoms. The summed E-state index contributed by atoms with van der Waals surface area (Å²) >= 11 is 0. The van der Waals surface area contributed by atoms with Crippen molar-refractivity contribution in [3.05, 3.63) is 194 Å². The van der Waals surface area contributed by atoms with E-state index in [0.717, 1.165) is 77.2 Å². The molecule has 0 aliphatic carbocycles. The van der Waals surface area contributed by atoms with Crippen LogP contribution < -0.4 is 0 Å². The van der Waals surface area contributed by atoms with Gasteiger partial charge < -0.3 is 8.98 Å². The van der Waals surface area contributed by atoms with Crippen LogP contribution in [-0.2, 0) is 0 Å². The molecule has 270 valence electrons. The van der Waals surface area contributed by atoms with Gasteiger partial charge in [-0.25, -0.2) is 15.0 Å². The van der Waals surface area contributed by atoms with Gasteiger partial charge in [-0.3, -0.25) is 0 Å². The second-order valence-corrected chi connectivity index (χ2v) is 14.8. The molecule has 0 radical (unpaired) electrons. The predicted octanol–water partition coefficient (Wildman–Crippen LogP) is 13.8. The Morgan fingerprint density at radius 1 is 0.362 bits per heavy atom. The van der Waals surface area contributed by atoms with Crippen LogP contribution in [0.5, 0.6) is 0 Å². The van der Waals surface area contributed by atoms with Crippen molar-refractivity contribution in [3.63, 3.8) is 0 Å². The van der Waals surface area contributed by atoms with E-state index < -0.39 is 0 Å². The monoisotopic (exact) mass is 740 g/mol. The van der Waals surface area contributed by atoms with E-state index in [2.05, 4.69) is 162 Å². The van der Waals surface area contributed by atoms with E-state index in [-0.39, 0.29) is 0 Å². The molecule has 5 nitrogen and oxygen atoms in total. The highest BCUT2D eigenvalue weighted by Gasteiger charge is 2.23. The van der Waals surface area contributed by atoms with Gasteiger partial charge >= 0.3 is 0 Å². The molecule has 0 atom stereocenters. The fourth-order valence-electron chi connectivity index (χ4n) is 8.64. The number of aromatic nitrogens is 4. The number of fused-ring (bicyclic) bond motifs is 8. The smallest absolute Gasteiger partial charge is 0.167 e.